The third kappa shape index (κ3) is 3.57. The van der Waals surface area contributed by atoms with Gasteiger partial charge in [-0.25, -0.2) is 9.97 Å². The SMILES string of the molecule is Cc1nc(N[C@@H]2c3ccccc3C[C@@H]2O)c(Br)nc1-c1ccc(Cl)cc1Cl. The Morgan fingerprint density at radius 2 is 1.93 bits per heavy atom. The molecule has 0 amide bonds. The van der Waals surface area contributed by atoms with E-state index in [1.165, 1.54) is 0 Å². The van der Waals surface area contributed by atoms with Gasteiger partial charge in [0.1, 0.15) is 4.60 Å². The molecule has 2 atom stereocenters. The van der Waals surface area contributed by atoms with Gasteiger partial charge >= 0.3 is 0 Å². The van der Waals surface area contributed by atoms with Crippen molar-refractivity contribution in [2.45, 2.75) is 25.5 Å². The average molecular weight is 465 g/mol. The van der Waals surface area contributed by atoms with Crippen LogP contribution in [0.5, 0.6) is 0 Å². The molecule has 1 heterocycles. The van der Waals surface area contributed by atoms with Crippen molar-refractivity contribution < 1.29 is 5.11 Å². The maximum Gasteiger partial charge on any atom is 0.160 e. The van der Waals surface area contributed by atoms with E-state index in [2.05, 4.69) is 31.2 Å². The number of hydrogen-bond donors (Lipinski definition) is 2. The summed E-state index contributed by atoms with van der Waals surface area (Å²) < 4.78 is 0.561. The monoisotopic (exact) mass is 463 g/mol. The second kappa shape index (κ2) is 7.40. The van der Waals surface area contributed by atoms with Crippen LogP contribution in [0, 0.1) is 6.92 Å². The number of benzene rings is 2. The molecule has 0 aliphatic heterocycles. The minimum absolute atomic E-state index is 0.226. The van der Waals surface area contributed by atoms with E-state index in [-0.39, 0.29) is 6.04 Å². The van der Waals surface area contributed by atoms with Gasteiger partial charge < -0.3 is 10.4 Å². The quantitative estimate of drug-likeness (QED) is 0.530. The zero-order valence-electron chi connectivity index (χ0n) is 14.4. The van der Waals surface area contributed by atoms with E-state index in [1.807, 2.05) is 37.3 Å². The molecule has 4 rings (SSSR count). The van der Waals surface area contributed by atoms with Crippen molar-refractivity contribution in [3.63, 3.8) is 0 Å². The average Bonchev–Trinajstić information content (AvgIpc) is 2.94. The van der Waals surface area contributed by atoms with Crippen LogP contribution in [0.15, 0.2) is 47.1 Å². The standard InChI is InChI=1S/C20H16BrCl2N3O/c1-10-17(14-7-6-12(22)9-15(14)23)25-19(21)20(24-10)26-18-13-5-3-2-4-11(13)8-16(18)27/h2-7,9,16,18,27H,8H2,1H3,(H,24,26)/t16-,18+/m0/s1. The van der Waals surface area contributed by atoms with Gasteiger partial charge in [0.25, 0.3) is 0 Å². The molecule has 0 spiro atoms. The zero-order chi connectivity index (χ0) is 19.1. The largest absolute Gasteiger partial charge is 0.390 e. The number of hydrogen-bond acceptors (Lipinski definition) is 4. The highest BCUT2D eigenvalue weighted by Gasteiger charge is 2.31. The van der Waals surface area contributed by atoms with Crippen molar-refractivity contribution in [1.82, 2.24) is 9.97 Å². The predicted octanol–water partition coefficient (Wildman–Crippen LogP) is 5.59. The predicted molar refractivity (Wildman–Crippen MR) is 112 cm³/mol. The molecule has 0 saturated carbocycles. The van der Waals surface area contributed by atoms with E-state index in [0.717, 1.165) is 22.4 Å². The van der Waals surface area contributed by atoms with E-state index in [0.29, 0.717) is 32.6 Å². The van der Waals surface area contributed by atoms with Crippen molar-refractivity contribution >= 4 is 44.9 Å². The lowest BCUT2D eigenvalue weighted by Crippen LogP contribution is -2.22. The van der Waals surface area contributed by atoms with E-state index in [9.17, 15) is 5.11 Å². The third-order valence-corrected chi connectivity index (χ3v) is 5.81. The Morgan fingerprint density at radius 1 is 1.15 bits per heavy atom. The summed E-state index contributed by atoms with van der Waals surface area (Å²) in [6, 6.07) is 13.1. The fourth-order valence-corrected chi connectivity index (χ4v) is 4.30. The summed E-state index contributed by atoms with van der Waals surface area (Å²) in [6.45, 7) is 1.88. The maximum absolute atomic E-state index is 10.5. The molecule has 3 aromatic rings. The van der Waals surface area contributed by atoms with Crippen LogP contribution in [0.2, 0.25) is 10.0 Å². The summed E-state index contributed by atoms with van der Waals surface area (Å²) in [5.74, 6) is 0.585. The van der Waals surface area contributed by atoms with Crippen LogP contribution in [0.1, 0.15) is 22.9 Å². The fraction of sp³-hybridized carbons (Fsp3) is 0.200. The minimum Gasteiger partial charge on any atom is -0.390 e. The second-order valence-electron chi connectivity index (χ2n) is 6.51. The van der Waals surface area contributed by atoms with Crippen LogP contribution in [0.25, 0.3) is 11.3 Å². The van der Waals surface area contributed by atoms with Crippen molar-refractivity contribution in [2.24, 2.45) is 0 Å². The molecule has 138 valence electrons. The van der Waals surface area contributed by atoms with E-state index in [1.54, 1.807) is 12.1 Å². The topological polar surface area (TPSA) is 58.0 Å². The van der Waals surface area contributed by atoms with Gasteiger partial charge in [-0.05, 0) is 52.2 Å². The Kier molecular flexibility index (Phi) is 5.12. The molecule has 4 nitrogen and oxygen atoms in total. The number of fused-ring (bicyclic) bond motifs is 1. The summed E-state index contributed by atoms with van der Waals surface area (Å²) in [7, 11) is 0. The Bertz CT molecular complexity index is 1030. The van der Waals surface area contributed by atoms with Crippen molar-refractivity contribution in [3.8, 4) is 11.3 Å². The number of aliphatic hydroxyl groups excluding tert-OH is 1. The number of anilines is 1. The summed E-state index contributed by atoms with van der Waals surface area (Å²) in [5.41, 5.74) is 4.41. The van der Waals surface area contributed by atoms with Gasteiger partial charge in [-0.3, -0.25) is 0 Å². The number of halogens is 3. The number of nitrogens with one attached hydrogen (secondary N) is 1. The molecule has 1 aliphatic rings. The number of aromatic nitrogens is 2. The fourth-order valence-electron chi connectivity index (χ4n) is 3.42. The first kappa shape index (κ1) is 18.7. The lowest BCUT2D eigenvalue weighted by atomic mass is 10.1. The van der Waals surface area contributed by atoms with Crippen LogP contribution in [0.4, 0.5) is 5.82 Å². The molecule has 1 aromatic heterocycles. The van der Waals surface area contributed by atoms with Gasteiger partial charge in [-0.1, -0.05) is 47.5 Å². The molecule has 0 radical (unpaired) electrons. The molecule has 2 N–H and O–H groups in total. The van der Waals surface area contributed by atoms with E-state index >= 15 is 0 Å². The van der Waals surface area contributed by atoms with Crippen LogP contribution in [-0.4, -0.2) is 21.2 Å². The first-order chi connectivity index (χ1) is 12.9. The molecule has 7 heteroatoms. The normalized spacial score (nSPS) is 18.4. The highest BCUT2D eigenvalue weighted by Crippen LogP contribution is 2.37. The Balaban J connectivity index is 1.69. The second-order valence-corrected chi connectivity index (χ2v) is 8.11. The summed E-state index contributed by atoms with van der Waals surface area (Å²) >= 11 is 15.8. The number of aliphatic hydroxyl groups is 1. The maximum atomic E-state index is 10.5. The van der Waals surface area contributed by atoms with Gasteiger partial charge in [-0.15, -0.1) is 0 Å². The molecule has 0 bridgehead atoms. The molecule has 0 unspecified atom stereocenters. The highest BCUT2D eigenvalue weighted by molar-refractivity contribution is 9.10. The van der Waals surface area contributed by atoms with Crippen molar-refractivity contribution in [2.75, 3.05) is 5.32 Å². The van der Waals surface area contributed by atoms with Gasteiger partial charge in [-0.2, -0.15) is 0 Å². The molecule has 0 fully saturated rings. The first-order valence-corrected chi connectivity index (χ1v) is 10.0. The van der Waals surface area contributed by atoms with Crippen LogP contribution < -0.4 is 5.32 Å². The number of nitrogens with zero attached hydrogens (tertiary/aromatic N) is 2. The molecular weight excluding hydrogens is 449 g/mol. The summed E-state index contributed by atoms with van der Waals surface area (Å²) in [6.07, 6.45) is 0.109. The van der Waals surface area contributed by atoms with Crippen molar-refractivity contribution in [3.05, 3.63) is 73.9 Å². The molecule has 1 aliphatic carbocycles. The molecule has 2 aromatic carbocycles. The van der Waals surface area contributed by atoms with Crippen molar-refractivity contribution in [1.29, 1.82) is 0 Å². The lowest BCUT2D eigenvalue weighted by molar-refractivity contribution is 0.165. The summed E-state index contributed by atoms with van der Waals surface area (Å²) in [5, 5.41) is 14.9. The number of aryl methyl sites for hydroxylation is 1. The molecule has 0 saturated heterocycles. The van der Waals surface area contributed by atoms with Gasteiger partial charge in [0, 0.05) is 17.0 Å². The van der Waals surface area contributed by atoms with Gasteiger partial charge in [0.15, 0.2) is 5.82 Å². The van der Waals surface area contributed by atoms with E-state index in [4.69, 9.17) is 23.2 Å². The Morgan fingerprint density at radius 3 is 2.70 bits per heavy atom. The molecule has 27 heavy (non-hydrogen) atoms. The Hall–Kier alpha value is -1.66. The van der Waals surface area contributed by atoms with Gasteiger partial charge in [0.05, 0.1) is 28.6 Å². The Labute approximate surface area is 175 Å². The van der Waals surface area contributed by atoms with Gasteiger partial charge in [0.2, 0.25) is 0 Å². The summed E-state index contributed by atoms with van der Waals surface area (Å²) in [4.78, 5) is 9.30. The van der Waals surface area contributed by atoms with Crippen LogP contribution >= 0.6 is 39.1 Å². The third-order valence-electron chi connectivity index (χ3n) is 4.71. The van der Waals surface area contributed by atoms with E-state index < -0.39 is 6.10 Å². The van der Waals surface area contributed by atoms with Crippen LogP contribution in [-0.2, 0) is 6.42 Å². The zero-order valence-corrected chi connectivity index (χ0v) is 17.5. The van der Waals surface area contributed by atoms with Crippen LogP contribution in [0.3, 0.4) is 0 Å². The smallest absolute Gasteiger partial charge is 0.160 e. The first-order valence-electron chi connectivity index (χ1n) is 8.46. The molecular formula is C20H16BrCl2N3O. The lowest BCUT2D eigenvalue weighted by Gasteiger charge is -2.20. The highest BCUT2D eigenvalue weighted by atomic mass is 79.9. The minimum atomic E-state index is -0.512. The number of rotatable bonds is 3.